The topological polar surface area (TPSA) is 64.7 Å². The number of rotatable bonds is 9. The molecule has 2 amide bonds. The highest BCUT2D eigenvalue weighted by Gasteiger charge is 2.19. The SMILES string of the molecule is O=C(NCCCCN1CCN(c2ccc3c(c2)CCC3)CC1)c1ccc(NC(=O)c2ccc(Cl)cc2)cc1. The van der Waals surface area contributed by atoms with Gasteiger partial charge in [0.15, 0.2) is 0 Å². The lowest BCUT2D eigenvalue weighted by atomic mass is 10.1. The average molecular weight is 531 g/mol. The summed E-state index contributed by atoms with van der Waals surface area (Å²) in [6, 6.07) is 20.7. The molecular weight excluding hydrogens is 496 g/mol. The van der Waals surface area contributed by atoms with Crippen LogP contribution in [-0.2, 0) is 12.8 Å². The van der Waals surface area contributed by atoms with E-state index >= 15 is 0 Å². The lowest BCUT2D eigenvalue weighted by Gasteiger charge is -2.36. The zero-order chi connectivity index (χ0) is 26.3. The number of hydrogen-bond donors (Lipinski definition) is 2. The van der Waals surface area contributed by atoms with Gasteiger partial charge in [-0.2, -0.15) is 0 Å². The van der Waals surface area contributed by atoms with Crippen molar-refractivity contribution in [2.24, 2.45) is 0 Å². The number of anilines is 2. The first-order valence-electron chi connectivity index (χ1n) is 13.6. The summed E-state index contributed by atoms with van der Waals surface area (Å²) < 4.78 is 0. The van der Waals surface area contributed by atoms with Gasteiger partial charge in [-0.1, -0.05) is 17.7 Å². The summed E-state index contributed by atoms with van der Waals surface area (Å²) >= 11 is 5.88. The van der Waals surface area contributed by atoms with E-state index in [1.165, 1.54) is 30.5 Å². The molecule has 5 rings (SSSR count). The summed E-state index contributed by atoms with van der Waals surface area (Å²) in [4.78, 5) is 29.9. The molecule has 7 heteroatoms. The van der Waals surface area contributed by atoms with E-state index < -0.39 is 0 Å². The number of piperazine rings is 1. The van der Waals surface area contributed by atoms with Crippen LogP contribution in [-0.4, -0.2) is 56.0 Å². The van der Waals surface area contributed by atoms with E-state index in [-0.39, 0.29) is 11.8 Å². The molecule has 1 aliphatic carbocycles. The Morgan fingerprint density at radius 3 is 2.21 bits per heavy atom. The number of unbranched alkanes of at least 4 members (excludes halogenated alkanes) is 1. The lowest BCUT2D eigenvalue weighted by molar-refractivity contribution is 0.0952. The number of halogens is 1. The molecule has 1 aliphatic heterocycles. The molecule has 1 fully saturated rings. The molecule has 0 saturated carbocycles. The first-order chi connectivity index (χ1) is 18.5. The molecule has 0 atom stereocenters. The normalized spacial score (nSPS) is 15.2. The average Bonchev–Trinajstić information content (AvgIpc) is 3.42. The largest absolute Gasteiger partial charge is 0.369 e. The monoisotopic (exact) mass is 530 g/mol. The van der Waals surface area contributed by atoms with Crippen LogP contribution >= 0.6 is 11.6 Å². The molecule has 3 aromatic carbocycles. The van der Waals surface area contributed by atoms with E-state index in [4.69, 9.17) is 11.6 Å². The van der Waals surface area contributed by atoms with Crippen LogP contribution in [0.1, 0.15) is 51.1 Å². The van der Waals surface area contributed by atoms with E-state index in [9.17, 15) is 9.59 Å². The number of hydrogen-bond acceptors (Lipinski definition) is 4. The second-order valence-electron chi connectivity index (χ2n) is 10.1. The molecule has 0 spiro atoms. The van der Waals surface area contributed by atoms with Gasteiger partial charge in [0.25, 0.3) is 11.8 Å². The molecule has 0 aromatic heterocycles. The molecule has 2 aliphatic rings. The minimum absolute atomic E-state index is 0.0939. The minimum Gasteiger partial charge on any atom is -0.369 e. The molecule has 0 radical (unpaired) electrons. The number of benzene rings is 3. The molecule has 3 aromatic rings. The van der Waals surface area contributed by atoms with E-state index in [2.05, 4.69) is 38.6 Å². The first kappa shape index (κ1) is 26.3. The van der Waals surface area contributed by atoms with Crippen LogP contribution in [0.15, 0.2) is 66.7 Å². The predicted molar refractivity (Wildman–Crippen MR) is 155 cm³/mol. The standard InChI is InChI=1S/C31H35ClN4O2/c32-27-11-6-25(7-12-27)31(38)34-28-13-8-24(9-14-28)30(37)33-16-1-2-17-35-18-20-36(21-19-35)29-15-10-23-4-3-5-26(23)22-29/h6-15,22H,1-5,16-21H2,(H,33,37)(H,34,38). The van der Waals surface area contributed by atoms with E-state index in [0.717, 1.165) is 45.6 Å². The van der Waals surface area contributed by atoms with Gasteiger partial charge in [-0.15, -0.1) is 0 Å². The number of nitrogens with zero attached hydrogens (tertiary/aromatic N) is 2. The molecule has 0 bridgehead atoms. The maximum atomic E-state index is 12.5. The van der Waals surface area contributed by atoms with Crippen molar-refractivity contribution < 1.29 is 9.59 Å². The van der Waals surface area contributed by atoms with Crippen LogP contribution in [0.25, 0.3) is 0 Å². The summed E-state index contributed by atoms with van der Waals surface area (Å²) in [5, 5.41) is 6.43. The van der Waals surface area contributed by atoms with Crippen LogP contribution in [0, 0.1) is 0 Å². The third-order valence-electron chi connectivity index (χ3n) is 7.52. The summed E-state index contributed by atoms with van der Waals surface area (Å²) in [5.41, 5.74) is 6.20. The van der Waals surface area contributed by atoms with Crippen molar-refractivity contribution in [2.45, 2.75) is 32.1 Å². The van der Waals surface area contributed by atoms with Gasteiger partial charge in [-0.05, 0) is 110 Å². The van der Waals surface area contributed by atoms with Crippen molar-refractivity contribution in [1.29, 1.82) is 0 Å². The second kappa shape index (κ2) is 12.5. The van der Waals surface area contributed by atoms with Crippen LogP contribution in [0.2, 0.25) is 5.02 Å². The van der Waals surface area contributed by atoms with Crippen molar-refractivity contribution in [1.82, 2.24) is 10.2 Å². The Balaban J connectivity index is 0.975. The maximum absolute atomic E-state index is 12.5. The van der Waals surface area contributed by atoms with Gasteiger partial charge in [0.2, 0.25) is 0 Å². The Bertz CT molecular complexity index is 1250. The Morgan fingerprint density at radius 2 is 1.45 bits per heavy atom. The number of carbonyl (C=O) groups excluding carboxylic acids is 2. The second-order valence-corrected chi connectivity index (χ2v) is 10.6. The fourth-order valence-electron chi connectivity index (χ4n) is 5.26. The Kier molecular flexibility index (Phi) is 8.61. The van der Waals surface area contributed by atoms with Crippen molar-refractivity contribution in [2.75, 3.05) is 49.5 Å². The van der Waals surface area contributed by atoms with E-state index in [0.29, 0.717) is 28.4 Å². The predicted octanol–water partition coefficient (Wildman–Crippen LogP) is 5.41. The summed E-state index contributed by atoms with van der Waals surface area (Å²) in [5.74, 6) is -0.313. The molecule has 38 heavy (non-hydrogen) atoms. The number of fused-ring (bicyclic) bond motifs is 1. The summed E-state index contributed by atoms with van der Waals surface area (Å²) in [6.45, 7) is 6.05. The Labute approximate surface area is 230 Å². The van der Waals surface area contributed by atoms with E-state index in [1.807, 2.05) is 0 Å². The van der Waals surface area contributed by atoms with Crippen molar-refractivity contribution in [3.63, 3.8) is 0 Å². The Morgan fingerprint density at radius 1 is 0.763 bits per heavy atom. The highest BCUT2D eigenvalue weighted by atomic mass is 35.5. The molecule has 6 nitrogen and oxygen atoms in total. The van der Waals surface area contributed by atoms with E-state index in [1.54, 1.807) is 54.1 Å². The van der Waals surface area contributed by atoms with Crippen LogP contribution in [0.5, 0.6) is 0 Å². The minimum atomic E-state index is -0.219. The fraction of sp³-hybridized carbons (Fsp3) is 0.355. The number of carbonyl (C=O) groups is 2. The zero-order valence-electron chi connectivity index (χ0n) is 21.7. The summed E-state index contributed by atoms with van der Waals surface area (Å²) in [7, 11) is 0. The van der Waals surface area contributed by atoms with Gasteiger partial charge < -0.3 is 15.5 Å². The zero-order valence-corrected chi connectivity index (χ0v) is 22.5. The number of aryl methyl sites for hydroxylation is 2. The molecule has 0 unspecified atom stereocenters. The molecule has 2 N–H and O–H groups in total. The van der Waals surface area contributed by atoms with Gasteiger partial charge in [0.1, 0.15) is 0 Å². The third kappa shape index (κ3) is 6.74. The molecule has 198 valence electrons. The molecule has 1 heterocycles. The number of amides is 2. The van der Waals surface area contributed by atoms with Crippen molar-refractivity contribution in [3.8, 4) is 0 Å². The number of nitrogens with one attached hydrogen (secondary N) is 2. The fourth-order valence-corrected chi connectivity index (χ4v) is 5.38. The first-order valence-corrected chi connectivity index (χ1v) is 14.0. The van der Waals surface area contributed by atoms with Crippen LogP contribution in [0.4, 0.5) is 11.4 Å². The van der Waals surface area contributed by atoms with Crippen molar-refractivity contribution in [3.05, 3.63) is 94.0 Å². The highest BCUT2D eigenvalue weighted by Crippen LogP contribution is 2.27. The third-order valence-corrected chi connectivity index (χ3v) is 7.77. The van der Waals surface area contributed by atoms with Crippen molar-refractivity contribution >= 4 is 34.8 Å². The lowest BCUT2D eigenvalue weighted by Crippen LogP contribution is -2.46. The van der Waals surface area contributed by atoms with Gasteiger partial charge >= 0.3 is 0 Å². The van der Waals surface area contributed by atoms with Gasteiger partial charge in [-0.25, -0.2) is 0 Å². The van der Waals surface area contributed by atoms with Crippen LogP contribution < -0.4 is 15.5 Å². The highest BCUT2D eigenvalue weighted by molar-refractivity contribution is 6.30. The quantitative estimate of drug-likeness (QED) is 0.363. The maximum Gasteiger partial charge on any atom is 0.255 e. The van der Waals surface area contributed by atoms with Crippen LogP contribution in [0.3, 0.4) is 0 Å². The molecular formula is C31H35ClN4O2. The van der Waals surface area contributed by atoms with Gasteiger partial charge in [0.05, 0.1) is 0 Å². The molecule has 1 saturated heterocycles. The van der Waals surface area contributed by atoms with Gasteiger partial charge in [-0.3, -0.25) is 14.5 Å². The van der Waals surface area contributed by atoms with Gasteiger partial charge in [0, 0.05) is 60.2 Å². The smallest absolute Gasteiger partial charge is 0.255 e. The Hall–Kier alpha value is -3.35. The summed E-state index contributed by atoms with van der Waals surface area (Å²) in [6.07, 6.45) is 5.78.